The van der Waals surface area contributed by atoms with Crippen molar-refractivity contribution in [3.63, 3.8) is 0 Å². The van der Waals surface area contributed by atoms with Crippen LogP contribution in [0.25, 0.3) is 0 Å². The molecule has 0 radical (unpaired) electrons. The predicted molar refractivity (Wildman–Crippen MR) is 89.8 cm³/mol. The summed E-state index contributed by atoms with van der Waals surface area (Å²) in [6, 6.07) is 4.51. The van der Waals surface area contributed by atoms with E-state index in [0.717, 1.165) is 23.4 Å². The van der Waals surface area contributed by atoms with E-state index in [4.69, 9.17) is 4.74 Å². The third-order valence-corrected chi connectivity index (χ3v) is 5.11. The summed E-state index contributed by atoms with van der Waals surface area (Å²) < 4.78 is 44.8. The fourth-order valence-corrected chi connectivity index (χ4v) is 4.02. The number of anilines is 1. The lowest BCUT2D eigenvalue weighted by atomic mass is 10.1. The number of carbonyl (C=O) groups is 1. The molecule has 1 fully saturated rings. The van der Waals surface area contributed by atoms with Gasteiger partial charge in [-0.1, -0.05) is 19.1 Å². The van der Waals surface area contributed by atoms with Crippen molar-refractivity contribution in [2.24, 2.45) is 0 Å². The average Bonchev–Trinajstić information content (AvgIpc) is 3.03. The molecule has 8 heteroatoms. The van der Waals surface area contributed by atoms with Crippen molar-refractivity contribution in [3.8, 4) is 0 Å². The Labute approximate surface area is 142 Å². The molecule has 1 aliphatic heterocycles. The average molecular weight is 358 g/mol. The minimum absolute atomic E-state index is 0.0494. The molecule has 1 amide bonds. The Morgan fingerprint density at radius 2 is 2.17 bits per heavy atom. The molecular formula is C16H23FN2O4S. The van der Waals surface area contributed by atoms with Crippen molar-refractivity contribution in [1.82, 2.24) is 5.32 Å². The Bertz CT molecular complexity index is 674. The molecule has 134 valence electrons. The van der Waals surface area contributed by atoms with Gasteiger partial charge in [0.1, 0.15) is 11.9 Å². The summed E-state index contributed by atoms with van der Waals surface area (Å²) in [5.41, 5.74) is -0.126. The van der Waals surface area contributed by atoms with Crippen LogP contribution in [0.5, 0.6) is 0 Å². The van der Waals surface area contributed by atoms with Crippen molar-refractivity contribution >= 4 is 21.6 Å². The summed E-state index contributed by atoms with van der Waals surface area (Å²) in [6.45, 7) is 2.68. The molecule has 1 N–H and O–H groups in total. The van der Waals surface area contributed by atoms with E-state index in [0.29, 0.717) is 13.2 Å². The van der Waals surface area contributed by atoms with Gasteiger partial charge in [-0.15, -0.1) is 0 Å². The maximum atomic E-state index is 14.1. The molecule has 0 bridgehead atoms. The highest BCUT2D eigenvalue weighted by Crippen LogP contribution is 2.25. The zero-order valence-corrected chi connectivity index (χ0v) is 14.7. The van der Waals surface area contributed by atoms with Crippen LogP contribution in [0.3, 0.4) is 0 Å². The monoisotopic (exact) mass is 358 g/mol. The molecule has 0 spiro atoms. The first-order chi connectivity index (χ1) is 11.3. The van der Waals surface area contributed by atoms with Gasteiger partial charge in [0.15, 0.2) is 0 Å². The van der Waals surface area contributed by atoms with E-state index in [-0.39, 0.29) is 18.2 Å². The quantitative estimate of drug-likeness (QED) is 0.804. The minimum atomic E-state index is -3.83. The molecule has 24 heavy (non-hydrogen) atoms. The molecule has 6 nitrogen and oxygen atoms in total. The highest BCUT2D eigenvalue weighted by molar-refractivity contribution is 7.92. The van der Waals surface area contributed by atoms with E-state index in [2.05, 4.69) is 5.32 Å². The number of carbonyl (C=O) groups excluding carboxylic acids is 1. The molecule has 0 aromatic heterocycles. The van der Waals surface area contributed by atoms with Crippen LogP contribution in [0.1, 0.15) is 26.2 Å². The third kappa shape index (κ3) is 4.45. The van der Waals surface area contributed by atoms with E-state index in [9.17, 15) is 17.6 Å². The fraction of sp³-hybridized carbons (Fsp3) is 0.562. The number of amides is 1. The maximum absolute atomic E-state index is 14.1. The predicted octanol–water partition coefficient (Wildman–Crippen LogP) is 1.67. The molecule has 1 aromatic rings. The smallest absolute Gasteiger partial charge is 0.243 e. The lowest BCUT2D eigenvalue weighted by Crippen LogP contribution is -2.50. The summed E-state index contributed by atoms with van der Waals surface area (Å²) in [7, 11) is -3.83. The lowest BCUT2D eigenvalue weighted by Gasteiger charge is -2.30. The van der Waals surface area contributed by atoms with Gasteiger partial charge >= 0.3 is 0 Å². The summed E-state index contributed by atoms with van der Waals surface area (Å²) >= 11 is 0. The van der Waals surface area contributed by atoms with Crippen LogP contribution in [-0.2, 0) is 19.6 Å². The SMILES string of the molecule is CCC(C(=O)NCC1CCCO1)N(c1ccccc1F)S(C)(=O)=O. The number of nitrogens with one attached hydrogen (secondary N) is 1. The van der Waals surface area contributed by atoms with Crippen LogP contribution in [0, 0.1) is 5.82 Å². The number of ether oxygens (including phenoxy) is 1. The van der Waals surface area contributed by atoms with Gasteiger partial charge in [0, 0.05) is 13.2 Å². The van der Waals surface area contributed by atoms with Crippen molar-refractivity contribution < 1.29 is 22.3 Å². The fourth-order valence-electron chi connectivity index (χ4n) is 2.80. The van der Waals surface area contributed by atoms with Crippen molar-refractivity contribution in [2.75, 3.05) is 23.7 Å². The Morgan fingerprint density at radius 3 is 2.71 bits per heavy atom. The molecule has 0 saturated carbocycles. The number of sulfonamides is 1. The molecule has 0 aliphatic carbocycles. The van der Waals surface area contributed by atoms with Gasteiger partial charge in [-0.2, -0.15) is 0 Å². The van der Waals surface area contributed by atoms with E-state index >= 15 is 0 Å². The van der Waals surface area contributed by atoms with Crippen molar-refractivity contribution in [2.45, 2.75) is 38.3 Å². The number of para-hydroxylation sites is 1. The van der Waals surface area contributed by atoms with Gasteiger partial charge < -0.3 is 10.1 Å². The number of hydrogen-bond donors (Lipinski definition) is 1. The van der Waals surface area contributed by atoms with Crippen LogP contribution in [0.4, 0.5) is 10.1 Å². The number of halogens is 1. The van der Waals surface area contributed by atoms with E-state index in [1.54, 1.807) is 6.92 Å². The number of rotatable bonds is 7. The summed E-state index contributed by atoms with van der Waals surface area (Å²) in [5.74, 6) is -1.14. The molecule has 1 heterocycles. The van der Waals surface area contributed by atoms with Crippen LogP contribution in [0.2, 0.25) is 0 Å². The van der Waals surface area contributed by atoms with Gasteiger partial charge in [-0.3, -0.25) is 9.10 Å². The molecule has 1 aliphatic rings. The Morgan fingerprint density at radius 1 is 1.46 bits per heavy atom. The number of nitrogens with zero attached hydrogens (tertiary/aromatic N) is 1. The largest absolute Gasteiger partial charge is 0.376 e. The first kappa shape index (κ1) is 18.7. The molecule has 1 aromatic carbocycles. The third-order valence-electron chi connectivity index (χ3n) is 3.95. The van der Waals surface area contributed by atoms with Crippen LogP contribution < -0.4 is 9.62 Å². The molecule has 2 atom stereocenters. The topological polar surface area (TPSA) is 75.7 Å². The van der Waals surface area contributed by atoms with Gasteiger partial charge in [0.2, 0.25) is 15.9 Å². The minimum Gasteiger partial charge on any atom is -0.376 e. The first-order valence-electron chi connectivity index (χ1n) is 7.97. The zero-order valence-electron chi connectivity index (χ0n) is 13.9. The summed E-state index contributed by atoms with van der Waals surface area (Å²) in [6.07, 6.45) is 2.95. The van der Waals surface area contributed by atoms with Crippen LogP contribution in [-0.4, -0.2) is 45.9 Å². The van der Waals surface area contributed by atoms with Crippen molar-refractivity contribution in [1.29, 1.82) is 0 Å². The standard InChI is InChI=1S/C16H23FN2O4S/c1-3-14(16(20)18-11-12-7-6-10-23-12)19(24(2,21)22)15-9-5-4-8-13(15)17/h4-5,8-9,12,14H,3,6-7,10-11H2,1-2H3,(H,18,20). The molecule has 2 rings (SSSR count). The van der Waals surface area contributed by atoms with Gasteiger partial charge in [0.05, 0.1) is 18.0 Å². The second-order valence-electron chi connectivity index (χ2n) is 5.81. The van der Waals surface area contributed by atoms with Gasteiger partial charge in [0.25, 0.3) is 0 Å². The summed E-state index contributed by atoms with van der Waals surface area (Å²) in [4.78, 5) is 12.5. The molecule has 2 unspecified atom stereocenters. The zero-order chi connectivity index (χ0) is 17.7. The number of hydrogen-bond acceptors (Lipinski definition) is 4. The van der Waals surface area contributed by atoms with Crippen LogP contribution in [0.15, 0.2) is 24.3 Å². The second kappa shape index (κ2) is 7.94. The second-order valence-corrected chi connectivity index (χ2v) is 7.67. The van der Waals surface area contributed by atoms with Crippen LogP contribution >= 0.6 is 0 Å². The summed E-state index contributed by atoms with van der Waals surface area (Å²) in [5, 5.41) is 2.72. The van der Waals surface area contributed by atoms with Gasteiger partial charge in [-0.25, -0.2) is 12.8 Å². The molecular weight excluding hydrogens is 335 g/mol. The van der Waals surface area contributed by atoms with E-state index in [1.807, 2.05) is 0 Å². The van der Waals surface area contributed by atoms with Crippen molar-refractivity contribution in [3.05, 3.63) is 30.1 Å². The maximum Gasteiger partial charge on any atom is 0.243 e. The van der Waals surface area contributed by atoms with E-state index < -0.39 is 27.8 Å². The van der Waals surface area contributed by atoms with Gasteiger partial charge in [-0.05, 0) is 31.4 Å². The lowest BCUT2D eigenvalue weighted by molar-refractivity contribution is -0.122. The molecule has 1 saturated heterocycles. The Kier molecular flexibility index (Phi) is 6.17. The highest BCUT2D eigenvalue weighted by atomic mass is 32.2. The normalized spacial score (nSPS) is 19.0. The number of benzene rings is 1. The first-order valence-corrected chi connectivity index (χ1v) is 9.82. The van der Waals surface area contributed by atoms with E-state index in [1.165, 1.54) is 24.3 Å². The Balaban J connectivity index is 2.22. The Hall–Kier alpha value is -1.67. The highest BCUT2D eigenvalue weighted by Gasteiger charge is 2.33.